The summed E-state index contributed by atoms with van der Waals surface area (Å²) in [7, 11) is 3.23. The summed E-state index contributed by atoms with van der Waals surface area (Å²) in [5.41, 5.74) is 1.69. The lowest BCUT2D eigenvalue weighted by Crippen LogP contribution is -2.04. The van der Waals surface area contributed by atoms with Gasteiger partial charge in [0.1, 0.15) is 5.01 Å². The number of nitrogens with zero attached hydrogens (tertiary/aromatic N) is 3. The molecule has 2 heterocycles. The number of carbonyl (C=O) groups excluding carboxylic acids is 1. The van der Waals surface area contributed by atoms with E-state index >= 15 is 0 Å². The monoisotopic (exact) mass is 237 g/mol. The second-order valence-corrected chi connectivity index (χ2v) is 4.16. The first kappa shape index (κ1) is 10.8. The van der Waals surface area contributed by atoms with Crippen LogP contribution >= 0.6 is 11.3 Å². The van der Waals surface area contributed by atoms with Crippen molar-refractivity contribution in [2.24, 2.45) is 7.05 Å². The molecule has 0 saturated heterocycles. The second-order valence-electron chi connectivity index (χ2n) is 3.30. The normalized spacial score (nSPS) is 10.4. The number of carbonyl (C=O) groups is 1. The van der Waals surface area contributed by atoms with E-state index in [2.05, 4.69) is 14.8 Å². The average molecular weight is 237 g/mol. The van der Waals surface area contributed by atoms with Crippen LogP contribution in [0.3, 0.4) is 0 Å². The fourth-order valence-corrected chi connectivity index (χ4v) is 2.07. The van der Waals surface area contributed by atoms with Crippen LogP contribution in [-0.2, 0) is 23.0 Å². The van der Waals surface area contributed by atoms with Gasteiger partial charge in [-0.15, -0.1) is 11.3 Å². The van der Waals surface area contributed by atoms with Crippen LogP contribution < -0.4 is 0 Å². The van der Waals surface area contributed by atoms with Crippen molar-refractivity contribution in [1.29, 1.82) is 0 Å². The van der Waals surface area contributed by atoms with Crippen molar-refractivity contribution in [3.8, 4) is 10.6 Å². The maximum absolute atomic E-state index is 11.1. The molecule has 0 aliphatic heterocycles. The van der Waals surface area contributed by atoms with Gasteiger partial charge >= 0.3 is 5.97 Å². The van der Waals surface area contributed by atoms with Crippen LogP contribution in [0, 0.1) is 0 Å². The molecule has 6 heteroatoms. The molecule has 2 rings (SSSR count). The number of methoxy groups -OCH3 is 1. The molecule has 0 radical (unpaired) electrons. The standard InChI is InChI=1S/C10H11N3O2S/c1-13-5-7(4-11-13)10-12-8(6-16-10)3-9(14)15-2/h4-6H,3H2,1-2H3. The van der Waals surface area contributed by atoms with Crippen LogP contribution in [0.15, 0.2) is 17.8 Å². The summed E-state index contributed by atoms with van der Waals surface area (Å²) in [5, 5.41) is 6.80. The Morgan fingerprint density at radius 2 is 2.44 bits per heavy atom. The number of hydrogen-bond donors (Lipinski definition) is 0. The molecule has 0 amide bonds. The van der Waals surface area contributed by atoms with E-state index in [1.807, 2.05) is 18.6 Å². The molecule has 0 aliphatic rings. The predicted octanol–water partition coefficient (Wildman–Crippen LogP) is 1.26. The van der Waals surface area contributed by atoms with E-state index in [0.29, 0.717) is 0 Å². The Morgan fingerprint density at radius 1 is 1.62 bits per heavy atom. The first-order chi connectivity index (χ1) is 7.69. The summed E-state index contributed by atoms with van der Waals surface area (Å²) in [6.45, 7) is 0. The molecule has 5 nitrogen and oxygen atoms in total. The van der Waals surface area contributed by atoms with Crippen molar-refractivity contribution >= 4 is 17.3 Å². The summed E-state index contributed by atoms with van der Waals surface area (Å²) >= 11 is 1.50. The number of rotatable bonds is 3. The van der Waals surface area contributed by atoms with E-state index in [0.717, 1.165) is 16.3 Å². The van der Waals surface area contributed by atoms with Crippen LogP contribution in [0.1, 0.15) is 5.69 Å². The van der Waals surface area contributed by atoms with Gasteiger partial charge in [-0.2, -0.15) is 5.10 Å². The lowest BCUT2D eigenvalue weighted by molar-refractivity contribution is -0.139. The molecule has 0 bridgehead atoms. The maximum Gasteiger partial charge on any atom is 0.311 e. The van der Waals surface area contributed by atoms with E-state index < -0.39 is 0 Å². The number of ether oxygens (including phenoxy) is 1. The minimum absolute atomic E-state index is 0.216. The highest BCUT2D eigenvalue weighted by Crippen LogP contribution is 2.23. The van der Waals surface area contributed by atoms with E-state index in [1.165, 1.54) is 18.4 Å². The van der Waals surface area contributed by atoms with Gasteiger partial charge in [0.15, 0.2) is 0 Å². The Balaban J connectivity index is 2.16. The van der Waals surface area contributed by atoms with Crippen molar-refractivity contribution < 1.29 is 9.53 Å². The molecule has 0 spiro atoms. The molecule has 0 aromatic carbocycles. The van der Waals surface area contributed by atoms with Crippen molar-refractivity contribution in [2.75, 3.05) is 7.11 Å². The van der Waals surface area contributed by atoms with Crippen molar-refractivity contribution in [3.05, 3.63) is 23.5 Å². The van der Waals surface area contributed by atoms with Gasteiger partial charge in [0.05, 0.1) is 25.4 Å². The summed E-state index contributed by atoms with van der Waals surface area (Å²) in [6, 6.07) is 0. The summed E-state index contributed by atoms with van der Waals surface area (Å²) < 4.78 is 6.30. The van der Waals surface area contributed by atoms with E-state index in [4.69, 9.17) is 0 Å². The van der Waals surface area contributed by atoms with Crippen molar-refractivity contribution in [1.82, 2.24) is 14.8 Å². The Morgan fingerprint density at radius 3 is 3.06 bits per heavy atom. The first-order valence-corrected chi connectivity index (χ1v) is 5.57. The zero-order valence-corrected chi connectivity index (χ0v) is 9.82. The van der Waals surface area contributed by atoms with Gasteiger partial charge in [-0.3, -0.25) is 9.48 Å². The summed E-state index contributed by atoms with van der Waals surface area (Å²) in [5.74, 6) is -0.275. The van der Waals surface area contributed by atoms with Crippen LogP contribution in [0.2, 0.25) is 0 Å². The molecule has 0 saturated carbocycles. The largest absolute Gasteiger partial charge is 0.469 e. The third-order valence-corrected chi connectivity index (χ3v) is 3.00. The highest BCUT2D eigenvalue weighted by atomic mass is 32.1. The molecule has 0 atom stereocenters. The lowest BCUT2D eigenvalue weighted by Gasteiger charge is -1.93. The summed E-state index contributed by atoms with van der Waals surface area (Å²) in [6.07, 6.45) is 3.86. The van der Waals surface area contributed by atoms with Crippen LogP contribution in [0.5, 0.6) is 0 Å². The molecule has 0 aliphatic carbocycles. The Kier molecular flexibility index (Phi) is 3.00. The fraction of sp³-hybridized carbons (Fsp3) is 0.300. The van der Waals surface area contributed by atoms with Crippen molar-refractivity contribution in [3.63, 3.8) is 0 Å². The average Bonchev–Trinajstić information content (AvgIpc) is 2.87. The minimum Gasteiger partial charge on any atom is -0.469 e. The van der Waals surface area contributed by atoms with Gasteiger partial charge in [-0.1, -0.05) is 0 Å². The fourth-order valence-electron chi connectivity index (χ4n) is 1.27. The van der Waals surface area contributed by atoms with Crippen LogP contribution in [0.25, 0.3) is 10.6 Å². The van der Waals surface area contributed by atoms with E-state index in [9.17, 15) is 4.79 Å². The quantitative estimate of drug-likeness (QED) is 0.754. The first-order valence-electron chi connectivity index (χ1n) is 4.69. The third-order valence-electron chi connectivity index (χ3n) is 2.06. The molecule has 84 valence electrons. The molecule has 2 aromatic heterocycles. The topological polar surface area (TPSA) is 57.0 Å². The van der Waals surface area contributed by atoms with Gasteiger partial charge in [-0.25, -0.2) is 4.98 Å². The minimum atomic E-state index is -0.275. The molecule has 0 unspecified atom stereocenters. The number of thiazole rings is 1. The molecular formula is C10H11N3O2S. The summed E-state index contributed by atoms with van der Waals surface area (Å²) in [4.78, 5) is 15.4. The van der Waals surface area contributed by atoms with Gasteiger partial charge in [0, 0.05) is 24.2 Å². The Labute approximate surface area is 96.7 Å². The van der Waals surface area contributed by atoms with Gasteiger partial charge in [-0.05, 0) is 0 Å². The second kappa shape index (κ2) is 4.44. The third kappa shape index (κ3) is 2.27. The Bertz CT molecular complexity index is 504. The number of aromatic nitrogens is 3. The zero-order valence-electron chi connectivity index (χ0n) is 9.01. The molecule has 16 heavy (non-hydrogen) atoms. The highest BCUT2D eigenvalue weighted by molar-refractivity contribution is 7.13. The molecular weight excluding hydrogens is 226 g/mol. The van der Waals surface area contributed by atoms with Crippen LogP contribution in [0.4, 0.5) is 0 Å². The van der Waals surface area contributed by atoms with E-state index in [1.54, 1.807) is 10.9 Å². The van der Waals surface area contributed by atoms with Gasteiger partial charge < -0.3 is 4.74 Å². The molecule has 2 aromatic rings. The van der Waals surface area contributed by atoms with Gasteiger partial charge in [0.2, 0.25) is 0 Å². The smallest absolute Gasteiger partial charge is 0.311 e. The lowest BCUT2D eigenvalue weighted by atomic mass is 10.3. The maximum atomic E-state index is 11.1. The number of esters is 1. The zero-order chi connectivity index (χ0) is 11.5. The Hall–Kier alpha value is -1.69. The highest BCUT2D eigenvalue weighted by Gasteiger charge is 2.09. The van der Waals surface area contributed by atoms with Gasteiger partial charge in [0.25, 0.3) is 0 Å². The number of hydrogen-bond acceptors (Lipinski definition) is 5. The van der Waals surface area contributed by atoms with Crippen molar-refractivity contribution in [2.45, 2.75) is 6.42 Å². The predicted molar refractivity (Wildman–Crippen MR) is 60.0 cm³/mol. The molecule has 0 N–H and O–H groups in total. The number of aryl methyl sites for hydroxylation is 1. The van der Waals surface area contributed by atoms with E-state index in [-0.39, 0.29) is 12.4 Å². The molecule has 0 fully saturated rings. The SMILES string of the molecule is COC(=O)Cc1csc(-c2cnn(C)c2)n1. The van der Waals surface area contributed by atoms with Crippen LogP contribution in [-0.4, -0.2) is 27.8 Å².